The van der Waals surface area contributed by atoms with Crippen molar-refractivity contribution in [2.75, 3.05) is 4.90 Å². The van der Waals surface area contributed by atoms with Crippen LogP contribution in [0.3, 0.4) is 0 Å². The minimum atomic E-state index is -1.29. The lowest BCUT2D eigenvalue weighted by molar-refractivity contribution is -0.136. The molecule has 2 amide bonds. The van der Waals surface area contributed by atoms with E-state index in [1.807, 2.05) is 54.6 Å². The first-order valence-electron chi connectivity index (χ1n) is 8.94. The third-order valence-corrected chi connectivity index (χ3v) is 5.57. The van der Waals surface area contributed by atoms with Crippen LogP contribution in [0.5, 0.6) is 0 Å². The highest BCUT2D eigenvalue weighted by Gasteiger charge is 2.58. The van der Waals surface area contributed by atoms with Crippen LogP contribution in [0.2, 0.25) is 5.02 Å². The van der Waals surface area contributed by atoms with Crippen molar-refractivity contribution in [3.05, 3.63) is 77.3 Å². The molecule has 0 unspecified atom stereocenters. The minimum Gasteiger partial charge on any atom is -0.378 e. The van der Waals surface area contributed by atoms with Crippen molar-refractivity contribution < 1.29 is 14.4 Å². The maximum absolute atomic E-state index is 13.2. The Morgan fingerprint density at radius 1 is 0.929 bits per heavy atom. The van der Waals surface area contributed by atoms with Gasteiger partial charge in [0.15, 0.2) is 0 Å². The van der Waals surface area contributed by atoms with Crippen molar-refractivity contribution in [2.45, 2.75) is 18.4 Å². The number of fused-ring (bicyclic) bond motifs is 1. The van der Waals surface area contributed by atoms with Crippen molar-refractivity contribution in [1.29, 1.82) is 0 Å². The fourth-order valence-electron chi connectivity index (χ4n) is 3.82. The maximum atomic E-state index is 13.2. The first kappa shape index (κ1) is 17.0. The summed E-state index contributed by atoms with van der Waals surface area (Å²) in [5.41, 5.74) is 0.537. The van der Waals surface area contributed by atoms with E-state index in [-0.39, 0.29) is 18.7 Å². The molecule has 2 aliphatic rings. The van der Waals surface area contributed by atoms with Crippen molar-refractivity contribution in [2.24, 2.45) is 5.16 Å². The zero-order chi connectivity index (χ0) is 19.3. The van der Waals surface area contributed by atoms with Gasteiger partial charge in [-0.2, -0.15) is 0 Å². The van der Waals surface area contributed by atoms with Gasteiger partial charge in [-0.1, -0.05) is 65.3 Å². The number of carbonyl (C=O) groups excluding carboxylic acids is 2. The van der Waals surface area contributed by atoms with Gasteiger partial charge in [0.05, 0.1) is 17.8 Å². The number of benzene rings is 3. The molecule has 0 aliphatic carbocycles. The Hall–Kier alpha value is -3.18. The van der Waals surface area contributed by atoms with Crippen LogP contribution >= 0.6 is 11.6 Å². The van der Waals surface area contributed by atoms with E-state index in [9.17, 15) is 9.59 Å². The fourth-order valence-corrected chi connectivity index (χ4v) is 4.06. The van der Waals surface area contributed by atoms with Crippen LogP contribution in [0.25, 0.3) is 10.8 Å². The molecule has 1 fully saturated rings. The predicted octanol–water partition coefficient (Wildman–Crippen LogP) is 4.32. The minimum absolute atomic E-state index is 0.0455. The zero-order valence-corrected chi connectivity index (χ0v) is 15.5. The second-order valence-corrected chi connectivity index (χ2v) is 7.43. The molecule has 2 aliphatic heterocycles. The second kappa shape index (κ2) is 6.17. The fraction of sp³-hybridized carbons (Fsp3) is 0.136. The number of hydrogen-bond acceptors (Lipinski definition) is 4. The van der Waals surface area contributed by atoms with E-state index in [2.05, 4.69) is 5.16 Å². The quantitative estimate of drug-likeness (QED) is 0.612. The maximum Gasteiger partial charge on any atom is 0.281 e. The molecule has 6 heteroatoms. The number of oxime groups is 1. The van der Waals surface area contributed by atoms with E-state index in [1.165, 1.54) is 4.90 Å². The van der Waals surface area contributed by atoms with Crippen molar-refractivity contribution in [1.82, 2.24) is 0 Å². The number of amides is 2. The summed E-state index contributed by atoms with van der Waals surface area (Å²) in [4.78, 5) is 32.7. The molecule has 138 valence electrons. The van der Waals surface area contributed by atoms with Crippen molar-refractivity contribution in [3.63, 3.8) is 0 Å². The van der Waals surface area contributed by atoms with Crippen LogP contribution in [-0.2, 0) is 14.4 Å². The summed E-state index contributed by atoms with van der Waals surface area (Å²) in [5, 5.41) is 6.63. The third kappa shape index (κ3) is 2.51. The Morgan fingerprint density at radius 3 is 2.50 bits per heavy atom. The molecule has 3 aromatic carbocycles. The van der Waals surface area contributed by atoms with Crippen LogP contribution in [0.4, 0.5) is 5.69 Å². The van der Waals surface area contributed by atoms with Gasteiger partial charge in [-0.3, -0.25) is 9.59 Å². The SMILES string of the molecule is O=C1C[C@]2(CC(c3ccccc3Cl)=NO2)C(=O)N1c1ccc2ccccc2c1. The normalized spacial score (nSPS) is 21.5. The molecule has 0 saturated carbocycles. The summed E-state index contributed by atoms with van der Waals surface area (Å²) in [7, 11) is 0. The summed E-state index contributed by atoms with van der Waals surface area (Å²) >= 11 is 6.25. The summed E-state index contributed by atoms with van der Waals surface area (Å²) in [6.45, 7) is 0. The largest absolute Gasteiger partial charge is 0.378 e. The van der Waals surface area contributed by atoms with Gasteiger partial charge in [-0.15, -0.1) is 0 Å². The average molecular weight is 391 g/mol. The van der Waals surface area contributed by atoms with Crippen LogP contribution in [0.1, 0.15) is 18.4 Å². The highest BCUT2D eigenvalue weighted by atomic mass is 35.5. The summed E-state index contributed by atoms with van der Waals surface area (Å²) in [6.07, 6.45) is 0.168. The summed E-state index contributed by atoms with van der Waals surface area (Å²) < 4.78 is 0. The number of anilines is 1. The number of imide groups is 1. The lowest BCUT2D eigenvalue weighted by Crippen LogP contribution is -2.40. The third-order valence-electron chi connectivity index (χ3n) is 5.24. The molecule has 0 N–H and O–H groups in total. The van der Waals surface area contributed by atoms with Gasteiger partial charge in [0.2, 0.25) is 11.5 Å². The van der Waals surface area contributed by atoms with E-state index in [4.69, 9.17) is 16.4 Å². The number of hydrogen-bond donors (Lipinski definition) is 0. The molecular formula is C22H15ClN2O3. The Kier molecular flexibility index (Phi) is 3.74. The van der Waals surface area contributed by atoms with Gasteiger partial charge in [0, 0.05) is 17.0 Å². The molecule has 1 saturated heterocycles. The molecule has 5 rings (SSSR count). The molecule has 3 aromatic rings. The van der Waals surface area contributed by atoms with Gasteiger partial charge in [-0.05, 0) is 29.0 Å². The van der Waals surface area contributed by atoms with E-state index < -0.39 is 11.5 Å². The molecule has 1 atom stereocenters. The number of halogens is 1. The van der Waals surface area contributed by atoms with Gasteiger partial charge in [0.25, 0.3) is 5.91 Å². The highest BCUT2D eigenvalue weighted by Crippen LogP contribution is 2.40. The number of rotatable bonds is 2. The van der Waals surface area contributed by atoms with Gasteiger partial charge < -0.3 is 4.84 Å². The van der Waals surface area contributed by atoms with Crippen LogP contribution < -0.4 is 4.90 Å². The summed E-state index contributed by atoms with van der Waals surface area (Å²) in [6, 6.07) is 20.6. The first-order chi connectivity index (χ1) is 13.6. The molecule has 0 radical (unpaired) electrons. The van der Waals surface area contributed by atoms with E-state index in [1.54, 1.807) is 12.1 Å². The number of carbonyl (C=O) groups is 2. The lowest BCUT2D eigenvalue weighted by atomic mass is 9.92. The van der Waals surface area contributed by atoms with E-state index in [0.717, 1.165) is 10.8 Å². The molecule has 2 heterocycles. The van der Waals surface area contributed by atoms with Crippen LogP contribution in [0.15, 0.2) is 71.9 Å². The molecule has 28 heavy (non-hydrogen) atoms. The molecule has 0 aromatic heterocycles. The van der Waals surface area contributed by atoms with Crippen LogP contribution in [0, 0.1) is 0 Å². The van der Waals surface area contributed by atoms with Crippen LogP contribution in [-0.4, -0.2) is 23.1 Å². The molecular weight excluding hydrogens is 376 g/mol. The lowest BCUT2D eigenvalue weighted by Gasteiger charge is -2.19. The standard InChI is InChI=1S/C22H15ClN2O3/c23-18-8-4-3-7-17(18)19-12-22(28-24-19)13-20(26)25(21(22)27)16-10-9-14-5-1-2-6-15(14)11-16/h1-11H,12-13H2/t22-/m1/s1. The Bertz CT molecular complexity index is 1170. The smallest absolute Gasteiger partial charge is 0.281 e. The topological polar surface area (TPSA) is 59.0 Å². The molecule has 5 nitrogen and oxygen atoms in total. The Balaban J connectivity index is 1.47. The average Bonchev–Trinajstić information content (AvgIpc) is 3.23. The van der Waals surface area contributed by atoms with Gasteiger partial charge in [0.1, 0.15) is 0 Å². The Morgan fingerprint density at radius 2 is 1.68 bits per heavy atom. The van der Waals surface area contributed by atoms with Gasteiger partial charge >= 0.3 is 0 Å². The molecule has 0 bridgehead atoms. The number of nitrogens with zero attached hydrogens (tertiary/aromatic N) is 2. The molecule has 1 spiro atoms. The Labute approximate surface area is 166 Å². The van der Waals surface area contributed by atoms with E-state index >= 15 is 0 Å². The van der Waals surface area contributed by atoms with Crippen molar-refractivity contribution in [3.8, 4) is 0 Å². The van der Waals surface area contributed by atoms with E-state index in [0.29, 0.717) is 22.0 Å². The van der Waals surface area contributed by atoms with Gasteiger partial charge in [-0.25, -0.2) is 4.90 Å². The first-order valence-corrected chi connectivity index (χ1v) is 9.31. The summed E-state index contributed by atoms with van der Waals surface area (Å²) in [5.74, 6) is -0.686. The van der Waals surface area contributed by atoms with Crippen molar-refractivity contribution >= 4 is 45.6 Å². The highest BCUT2D eigenvalue weighted by molar-refractivity contribution is 6.34. The zero-order valence-electron chi connectivity index (χ0n) is 14.8. The monoisotopic (exact) mass is 390 g/mol. The second-order valence-electron chi connectivity index (χ2n) is 7.02. The predicted molar refractivity (Wildman–Crippen MR) is 107 cm³/mol.